The number of urea groups is 1. The molecule has 0 bridgehead atoms. The van der Waals surface area contributed by atoms with Crippen molar-refractivity contribution in [1.29, 1.82) is 0 Å². The molecule has 7 nitrogen and oxygen atoms in total. The molecule has 1 N–H and O–H groups in total. The van der Waals surface area contributed by atoms with Gasteiger partial charge in [0.15, 0.2) is 11.5 Å². The fourth-order valence-corrected chi connectivity index (χ4v) is 5.47. The Morgan fingerprint density at radius 2 is 1.80 bits per heavy atom. The average Bonchev–Trinajstić information content (AvgIpc) is 3.07. The van der Waals surface area contributed by atoms with E-state index in [-0.39, 0.29) is 12.6 Å². The predicted molar refractivity (Wildman–Crippen MR) is 141 cm³/mol. The van der Waals surface area contributed by atoms with Gasteiger partial charge in [0, 0.05) is 27.1 Å². The number of nitrogens with zero attached hydrogens (tertiary/aromatic N) is 1. The van der Waals surface area contributed by atoms with Gasteiger partial charge in [-0.1, -0.05) is 45.2 Å². The number of ether oxygens (including phenoxy) is 3. The van der Waals surface area contributed by atoms with E-state index in [4.69, 9.17) is 14.2 Å². The molecule has 2 aliphatic rings. The van der Waals surface area contributed by atoms with Crippen molar-refractivity contribution >= 4 is 49.5 Å². The zero-order valence-electron chi connectivity index (χ0n) is 20.0. The predicted octanol–water partition coefficient (Wildman–Crippen LogP) is 6.57. The van der Waals surface area contributed by atoms with Gasteiger partial charge in [-0.15, -0.1) is 0 Å². The molecule has 2 heterocycles. The van der Waals surface area contributed by atoms with Gasteiger partial charge in [-0.2, -0.15) is 0 Å². The summed E-state index contributed by atoms with van der Waals surface area (Å²) in [7, 11) is 0. The van der Waals surface area contributed by atoms with Crippen LogP contribution in [0, 0.1) is 6.92 Å². The SMILES string of the molecule is CCCC1=C(C(=O)OCC)C(c2cc(Br)c(C)c(Br)c2)NC(=O)N1c1ccc2c(c1)OCCCO2. The lowest BCUT2D eigenvalue weighted by molar-refractivity contribution is -0.139. The number of carbonyl (C=O) groups is 2. The first kappa shape index (κ1) is 25.6. The quantitative estimate of drug-likeness (QED) is 0.376. The Balaban J connectivity index is 1.88. The van der Waals surface area contributed by atoms with Crippen LogP contribution in [0.5, 0.6) is 11.5 Å². The van der Waals surface area contributed by atoms with Crippen molar-refractivity contribution in [2.75, 3.05) is 24.7 Å². The number of anilines is 1. The van der Waals surface area contributed by atoms with Crippen LogP contribution >= 0.6 is 31.9 Å². The van der Waals surface area contributed by atoms with Crippen molar-refractivity contribution in [2.45, 2.75) is 46.1 Å². The summed E-state index contributed by atoms with van der Waals surface area (Å²) in [6, 6.07) is 8.27. The van der Waals surface area contributed by atoms with Crippen LogP contribution in [0.15, 0.2) is 50.5 Å². The third kappa shape index (κ3) is 5.21. The van der Waals surface area contributed by atoms with Gasteiger partial charge in [0.1, 0.15) is 0 Å². The van der Waals surface area contributed by atoms with E-state index in [1.54, 1.807) is 24.0 Å². The van der Waals surface area contributed by atoms with Crippen molar-refractivity contribution in [2.24, 2.45) is 0 Å². The molecular formula is C26H28Br2N2O5. The first-order valence-corrected chi connectivity index (χ1v) is 13.3. The molecule has 0 radical (unpaired) electrons. The first-order chi connectivity index (χ1) is 16.8. The van der Waals surface area contributed by atoms with Gasteiger partial charge in [0.25, 0.3) is 0 Å². The van der Waals surface area contributed by atoms with Crippen LogP contribution in [0.1, 0.15) is 50.3 Å². The number of benzene rings is 2. The van der Waals surface area contributed by atoms with E-state index in [1.165, 1.54) is 0 Å². The summed E-state index contributed by atoms with van der Waals surface area (Å²) in [5.74, 6) is 0.769. The number of halogens is 2. The summed E-state index contributed by atoms with van der Waals surface area (Å²) in [6.07, 6.45) is 2.03. The maximum Gasteiger partial charge on any atom is 0.338 e. The number of esters is 1. The molecular weight excluding hydrogens is 580 g/mol. The number of hydrogen-bond acceptors (Lipinski definition) is 5. The molecule has 0 aromatic heterocycles. The molecule has 2 amide bonds. The van der Waals surface area contributed by atoms with Crippen molar-refractivity contribution in [3.8, 4) is 11.5 Å². The first-order valence-electron chi connectivity index (χ1n) is 11.7. The summed E-state index contributed by atoms with van der Waals surface area (Å²) in [6.45, 7) is 7.11. The molecule has 0 saturated heterocycles. The standard InChI is InChI=1S/C26H28Br2N2O5/c1-4-7-20-23(25(31)33-5-2)24(16-12-18(27)15(3)19(28)13-16)29-26(32)30(20)17-8-9-21-22(14-17)35-11-6-10-34-21/h8-9,12-14,24H,4-7,10-11H2,1-3H3,(H,29,32). The Hall–Kier alpha value is -2.52. The number of hydrogen-bond donors (Lipinski definition) is 1. The molecule has 0 fully saturated rings. The van der Waals surface area contributed by atoms with Gasteiger partial charge in [0.2, 0.25) is 0 Å². The number of amides is 2. The van der Waals surface area contributed by atoms with Crippen molar-refractivity contribution in [1.82, 2.24) is 5.32 Å². The summed E-state index contributed by atoms with van der Waals surface area (Å²) < 4.78 is 18.8. The third-order valence-corrected chi connectivity index (χ3v) is 7.60. The molecule has 0 spiro atoms. The van der Waals surface area contributed by atoms with E-state index in [1.807, 2.05) is 32.0 Å². The fraction of sp³-hybridized carbons (Fsp3) is 0.385. The van der Waals surface area contributed by atoms with Crippen molar-refractivity contribution in [3.63, 3.8) is 0 Å². The highest BCUT2D eigenvalue weighted by molar-refractivity contribution is 9.11. The van der Waals surface area contributed by atoms with Gasteiger partial charge in [0.05, 0.1) is 37.1 Å². The summed E-state index contributed by atoms with van der Waals surface area (Å²) in [4.78, 5) is 28.5. The van der Waals surface area contributed by atoms with E-state index >= 15 is 0 Å². The van der Waals surface area contributed by atoms with Gasteiger partial charge in [-0.05, 0) is 55.7 Å². The minimum atomic E-state index is -0.659. The van der Waals surface area contributed by atoms with Gasteiger partial charge in [-0.3, -0.25) is 4.90 Å². The number of allylic oxidation sites excluding steroid dienone is 1. The highest BCUT2D eigenvalue weighted by Gasteiger charge is 2.39. The summed E-state index contributed by atoms with van der Waals surface area (Å²) in [5, 5.41) is 3.04. The molecule has 1 atom stereocenters. The second kappa shape index (κ2) is 11.0. The number of carbonyl (C=O) groups excluding carboxylic acids is 2. The zero-order valence-corrected chi connectivity index (χ0v) is 23.1. The molecule has 1 unspecified atom stereocenters. The second-order valence-electron chi connectivity index (χ2n) is 8.34. The van der Waals surface area contributed by atoms with Crippen LogP contribution in [0.4, 0.5) is 10.5 Å². The molecule has 2 aromatic carbocycles. The van der Waals surface area contributed by atoms with Gasteiger partial charge in [-0.25, -0.2) is 9.59 Å². The van der Waals surface area contributed by atoms with E-state index in [2.05, 4.69) is 37.2 Å². The summed E-state index contributed by atoms with van der Waals surface area (Å²) >= 11 is 7.18. The van der Waals surface area contributed by atoms with Crippen LogP contribution in [0.25, 0.3) is 0 Å². The topological polar surface area (TPSA) is 77.1 Å². The largest absolute Gasteiger partial charge is 0.490 e. The molecule has 4 rings (SSSR count). The highest BCUT2D eigenvalue weighted by atomic mass is 79.9. The lowest BCUT2D eigenvalue weighted by atomic mass is 9.92. The molecule has 2 aliphatic heterocycles. The normalized spacial score (nSPS) is 17.7. The summed E-state index contributed by atoms with van der Waals surface area (Å²) in [5.41, 5.74) is 3.43. The van der Waals surface area contributed by atoms with Gasteiger partial charge >= 0.3 is 12.0 Å². The molecule has 2 aromatic rings. The Labute approximate surface area is 222 Å². The lowest BCUT2D eigenvalue weighted by Crippen LogP contribution is -2.49. The monoisotopic (exact) mass is 606 g/mol. The lowest BCUT2D eigenvalue weighted by Gasteiger charge is -2.37. The Morgan fingerprint density at radius 3 is 2.46 bits per heavy atom. The van der Waals surface area contributed by atoms with E-state index < -0.39 is 12.0 Å². The fourth-order valence-electron chi connectivity index (χ4n) is 4.24. The highest BCUT2D eigenvalue weighted by Crippen LogP contribution is 2.41. The van der Waals surface area contributed by atoms with Crippen LogP contribution in [0.3, 0.4) is 0 Å². The molecule has 0 aliphatic carbocycles. The Bertz CT molecular complexity index is 1160. The Kier molecular flexibility index (Phi) is 8.06. The van der Waals surface area contributed by atoms with Crippen molar-refractivity contribution in [3.05, 3.63) is 61.7 Å². The Morgan fingerprint density at radius 1 is 1.11 bits per heavy atom. The van der Waals surface area contributed by atoms with Crippen LogP contribution in [-0.4, -0.2) is 31.8 Å². The molecule has 35 heavy (non-hydrogen) atoms. The van der Waals surface area contributed by atoms with Gasteiger partial charge < -0.3 is 19.5 Å². The zero-order chi connectivity index (χ0) is 25.1. The van der Waals surface area contributed by atoms with Crippen LogP contribution in [-0.2, 0) is 9.53 Å². The van der Waals surface area contributed by atoms with Crippen LogP contribution < -0.4 is 19.7 Å². The maximum atomic E-state index is 13.6. The number of nitrogens with one attached hydrogen (secondary N) is 1. The number of rotatable bonds is 6. The minimum Gasteiger partial charge on any atom is -0.490 e. The van der Waals surface area contributed by atoms with Crippen LogP contribution in [0.2, 0.25) is 0 Å². The number of fused-ring (bicyclic) bond motifs is 1. The second-order valence-corrected chi connectivity index (χ2v) is 10.0. The van der Waals surface area contributed by atoms with E-state index in [0.717, 1.165) is 32.9 Å². The van der Waals surface area contributed by atoms with E-state index in [9.17, 15) is 9.59 Å². The van der Waals surface area contributed by atoms with E-state index in [0.29, 0.717) is 48.1 Å². The molecule has 9 heteroatoms. The average molecular weight is 608 g/mol. The minimum absolute atomic E-state index is 0.230. The molecule has 186 valence electrons. The maximum absolute atomic E-state index is 13.6. The van der Waals surface area contributed by atoms with Crippen molar-refractivity contribution < 1.29 is 23.8 Å². The smallest absolute Gasteiger partial charge is 0.338 e. The third-order valence-electron chi connectivity index (χ3n) is 5.95. The molecule has 0 saturated carbocycles.